The number of benzene rings is 1. The molecule has 0 fully saturated rings. The summed E-state index contributed by atoms with van der Waals surface area (Å²) in [7, 11) is 0. The SMILES string of the molecule is CCOCc1cncc(-c2ccc(C(C)(C)C(=O)CCC(C)C)cc2)c1. The highest BCUT2D eigenvalue weighted by molar-refractivity contribution is 5.89. The lowest BCUT2D eigenvalue weighted by atomic mass is 9.78. The predicted octanol–water partition coefficient (Wildman–Crippen LogP) is 5.57. The van der Waals surface area contributed by atoms with Gasteiger partial charge in [0.15, 0.2) is 0 Å². The van der Waals surface area contributed by atoms with Crippen LogP contribution in [0.5, 0.6) is 0 Å². The minimum Gasteiger partial charge on any atom is -0.377 e. The van der Waals surface area contributed by atoms with Gasteiger partial charge in [0.2, 0.25) is 0 Å². The van der Waals surface area contributed by atoms with E-state index in [0.29, 0.717) is 31.3 Å². The average molecular weight is 354 g/mol. The van der Waals surface area contributed by atoms with Gasteiger partial charge in [-0.25, -0.2) is 0 Å². The van der Waals surface area contributed by atoms with Crippen LogP contribution in [0.2, 0.25) is 0 Å². The first kappa shape index (κ1) is 20.3. The second-order valence-corrected chi connectivity index (χ2v) is 7.78. The van der Waals surface area contributed by atoms with E-state index < -0.39 is 5.41 Å². The van der Waals surface area contributed by atoms with E-state index in [1.165, 1.54) is 0 Å². The van der Waals surface area contributed by atoms with Crippen molar-refractivity contribution in [3.63, 3.8) is 0 Å². The van der Waals surface area contributed by atoms with Crippen molar-refractivity contribution < 1.29 is 9.53 Å². The summed E-state index contributed by atoms with van der Waals surface area (Å²) in [5, 5.41) is 0. The molecule has 0 aliphatic carbocycles. The fourth-order valence-corrected chi connectivity index (χ4v) is 2.92. The molecular weight excluding hydrogens is 322 g/mol. The molecule has 2 rings (SSSR count). The van der Waals surface area contributed by atoms with Crippen molar-refractivity contribution in [2.75, 3.05) is 6.61 Å². The number of carbonyl (C=O) groups is 1. The molecule has 1 aromatic carbocycles. The third-order valence-corrected chi connectivity index (χ3v) is 4.85. The zero-order valence-corrected chi connectivity index (χ0v) is 16.7. The summed E-state index contributed by atoms with van der Waals surface area (Å²) in [6.07, 6.45) is 5.28. The van der Waals surface area contributed by atoms with Crippen LogP contribution in [0.25, 0.3) is 11.1 Å². The van der Waals surface area contributed by atoms with Gasteiger partial charge in [-0.15, -0.1) is 0 Å². The highest BCUT2D eigenvalue weighted by Gasteiger charge is 2.29. The van der Waals surface area contributed by atoms with E-state index in [4.69, 9.17) is 4.74 Å². The maximum Gasteiger partial charge on any atom is 0.142 e. The van der Waals surface area contributed by atoms with Crippen LogP contribution >= 0.6 is 0 Å². The third kappa shape index (κ3) is 5.25. The fraction of sp³-hybridized carbons (Fsp3) is 0.478. The Bertz CT molecular complexity index is 717. The molecule has 0 saturated heterocycles. The Hall–Kier alpha value is -2.00. The minimum atomic E-state index is -0.456. The van der Waals surface area contributed by atoms with Crippen molar-refractivity contribution in [2.45, 2.75) is 59.5 Å². The van der Waals surface area contributed by atoms with Crippen molar-refractivity contribution in [1.29, 1.82) is 0 Å². The van der Waals surface area contributed by atoms with E-state index in [-0.39, 0.29) is 0 Å². The number of nitrogens with zero attached hydrogens (tertiary/aromatic N) is 1. The largest absolute Gasteiger partial charge is 0.377 e. The smallest absolute Gasteiger partial charge is 0.142 e. The molecule has 0 N–H and O–H groups in total. The first-order valence-electron chi connectivity index (χ1n) is 9.50. The molecule has 0 bridgehead atoms. The number of carbonyl (C=O) groups excluding carboxylic acids is 1. The zero-order chi connectivity index (χ0) is 19.2. The van der Waals surface area contributed by atoms with Gasteiger partial charge in [-0.05, 0) is 55.9 Å². The van der Waals surface area contributed by atoms with Crippen molar-refractivity contribution in [3.05, 3.63) is 53.9 Å². The Morgan fingerprint density at radius 2 is 1.81 bits per heavy atom. The summed E-state index contributed by atoms with van der Waals surface area (Å²) in [6, 6.07) is 10.4. The van der Waals surface area contributed by atoms with Gasteiger partial charge in [-0.2, -0.15) is 0 Å². The van der Waals surface area contributed by atoms with Gasteiger partial charge in [0, 0.05) is 36.4 Å². The Labute approximate surface area is 157 Å². The van der Waals surface area contributed by atoms with Crippen LogP contribution in [0.3, 0.4) is 0 Å². The van der Waals surface area contributed by atoms with Gasteiger partial charge in [-0.3, -0.25) is 9.78 Å². The lowest BCUT2D eigenvalue weighted by Crippen LogP contribution is -2.29. The lowest BCUT2D eigenvalue weighted by Gasteiger charge is -2.24. The summed E-state index contributed by atoms with van der Waals surface area (Å²) in [4.78, 5) is 17.0. The quantitative estimate of drug-likeness (QED) is 0.592. The molecule has 3 nitrogen and oxygen atoms in total. The Morgan fingerprint density at radius 1 is 1.12 bits per heavy atom. The van der Waals surface area contributed by atoms with E-state index in [1.54, 1.807) is 0 Å². The molecule has 0 aliphatic rings. The molecule has 2 aromatic rings. The zero-order valence-electron chi connectivity index (χ0n) is 16.7. The van der Waals surface area contributed by atoms with E-state index in [9.17, 15) is 4.79 Å². The lowest BCUT2D eigenvalue weighted by molar-refractivity contribution is -0.123. The number of aromatic nitrogens is 1. The Morgan fingerprint density at radius 3 is 2.42 bits per heavy atom. The van der Waals surface area contributed by atoms with Crippen molar-refractivity contribution in [1.82, 2.24) is 4.98 Å². The van der Waals surface area contributed by atoms with Crippen LogP contribution in [0, 0.1) is 5.92 Å². The van der Waals surface area contributed by atoms with E-state index in [2.05, 4.69) is 49.2 Å². The summed E-state index contributed by atoms with van der Waals surface area (Å²) >= 11 is 0. The van der Waals surface area contributed by atoms with Gasteiger partial charge in [-0.1, -0.05) is 38.1 Å². The second kappa shape index (κ2) is 9.09. The van der Waals surface area contributed by atoms with Crippen LogP contribution < -0.4 is 0 Å². The molecule has 0 unspecified atom stereocenters. The molecule has 0 amide bonds. The summed E-state index contributed by atoms with van der Waals surface area (Å²) in [6.45, 7) is 11.6. The highest BCUT2D eigenvalue weighted by atomic mass is 16.5. The summed E-state index contributed by atoms with van der Waals surface area (Å²) < 4.78 is 5.46. The number of rotatable bonds is 9. The number of Topliss-reactive ketones (excluding diaryl/α,β-unsaturated/α-hetero) is 1. The number of pyridine rings is 1. The second-order valence-electron chi connectivity index (χ2n) is 7.78. The normalized spacial score (nSPS) is 11.8. The maximum absolute atomic E-state index is 12.6. The standard InChI is InChI=1S/C23H31NO2/c1-6-26-16-18-13-20(15-24-14-18)19-8-10-21(11-9-19)23(4,5)22(25)12-7-17(2)3/h8-11,13-15,17H,6-7,12,16H2,1-5H3. The first-order valence-corrected chi connectivity index (χ1v) is 9.50. The number of ether oxygens (including phenoxy) is 1. The van der Waals surface area contributed by atoms with Crippen LogP contribution in [0.4, 0.5) is 0 Å². The summed E-state index contributed by atoms with van der Waals surface area (Å²) in [5.74, 6) is 0.855. The average Bonchev–Trinajstić information content (AvgIpc) is 2.64. The molecule has 0 saturated carbocycles. The number of ketones is 1. The van der Waals surface area contributed by atoms with Crippen LogP contribution in [-0.2, 0) is 21.6 Å². The van der Waals surface area contributed by atoms with Gasteiger partial charge >= 0.3 is 0 Å². The van der Waals surface area contributed by atoms with Gasteiger partial charge in [0.05, 0.1) is 6.61 Å². The number of hydrogen-bond donors (Lipinski definition) is 0. The topological polar surface area (TPSA) is 39.2 Å². The van der Waals surface area contributed by atoms with Gasteiger partial charge in [0.1, 0.15) is 5.78 Å². The number of hydrogen-bond acceptors (Lipinski definition) is 3. The Balaban J connectivity index is 2.16. The molecule has 0 radical (unpaired) electrons. The highest BCUT2D eigenvalue weighted by Crippen LogP contribution is 2.29. The van der Waals surface area contributed by atoms with Gasteiger partial charge in [0.25, 0.3) is 0 Å². The van der Waals surface area contributed by atoms with E-state index in [1.807, 2.05) is 33.2 Å². The minimum absolute atomic E-state index is 0.305. The molecule has 0 atom stereocenters. The van der Waals surface area contributed by atoms with Gasteiger partial charge < -0.3 is 4.74 Å². The van der Waals surface area contributed by atoms with Crippen LogP contribution in [0.1, 0.15) is 58.6 Å². The van der Waals surface area contributed by atoms with Crippen LogP contribution in [-0.4, -0.2) is 17.4 Å². The maximum atomic E-state index is 12.6. The van der Waals surface area contributed by atoms with Crippen molar-refractivity contribution in [3.8, 4) is 11.1 Å². The third-order valence-electron chi connectivity index (χ3n) is 4.85. The monoisotopic (exact) mass is 353 g/mol. The molecule has 3 heteroatoms. The molecule has 0 aliphatic heterocycles. The van der Waals surface area contributed by atoms with Crippen LogP contribution in [0.15, 0.2) is 42.7 Å². The van der Waals surface area contributed by atoms with E-state index >= 15 is 0 Å². The molecular formula is C23H31NO2. The fourth-order valence-electron chi connectivity index (χ4n) is 2.92. The molecule has 1 aromatic heterocycles. The van der Waals surface area contributed by atoms with Crippen molar-refractivity contribution >= 4 is 5.78 Å². The first-order chi connectivity index (χ1) is 12.3. The molecule has 26 heavy (non-hydrogen) atoms. The summed E-state index contributed by atoms with van der Waals surface area (Å²) in [5.41, 5.74) is 3.84. The van der Waals surface area contributed by atoms with E-state index in [0.717, 1.165) is 28.7 Å². The molecule has 140 valence electrons. The molecule has 1 heterocycles. The predicted molar refractivity (Wildman–Crippen MR) is 107 cm³/mol. The Kier molecular flexibility index (Phi) is 7.10. The van der Waals surface area contributed by atoms with Crippen molar-refractivity contribution in [2.24, 2.45) is 5.92 Å². The molecule has 0 spiro atoms.